The molecular weight excluding hydrogens is 334 g/mol. The fourth-order valence-corrected chi connectivity index (χ4v) is 3.42. The number of carbonyl (C=O) groups excluding carboxylic acids is 2. The van der Waals surface area contributed by atoms with Gasteiger partial charge in [0.05, 0.1) is 23.8 Å². The van der Waals surface area contributed by atoms with Crippen molar-refractivity contribution in [3.63, 3.8) is 0 Å². The first kappa shape index (κ1) is 14.1. The van der Waals surface area contributed by atoms with Gasteiger partial charge in [-0.15, -0.1) is 0 Å². The van der Waals surface area contributed by atoms with E-state index in [1.54, 1.807) is 11.9 Å². The number of benzene rings is 1. The van der Waals surface area contributed by atoms with Crippen molar-refractivity contribution in [2.24, 2.45) is 5.92 Å². The van der Waals surface area contributed by atoms with Crippen LogP contribution in [0.15, 0.2) is 22.7 Å². The van der Waals surface area contributed by atoms with E-state index in [0.717, 1.165) is 15.7 Å². The molecular formula is C15H14BrN3O2. The van der Waals surface area contributed by atoms with Gasteiger partial charge in [0.25, 0.3) is 0 Å². The predicted molar refractivity (Wildman–Crippen MR) is 80.4 cm³/mol. The molecule has 3 rings (SSSR count). The number of carbonyl (C=O) groups is 2. The number of hydrogen-bond acceptors (Lipinski definition) is 3. The Morgan fingerprint density at radius 3 is 3.10 bits per heavy atom. The summed E-state index contributed by atoms with van der Waals surface area (Å²) < 4.78 is 0.896. The summed E-state index contributed by atoms with van der Waals surface area (Å²) in [4.78, 5) is 26.3. The third-order valence-corrected chi connectivity index (χ3v) is 4.80. The Kier molecular flexibility index (Phi) is 3.25. The largest absolute Gasteiger partial charge is 0.344 e. The quantitative estimate of drug-likeness (QED) is 0.908. The van der Waals surface area contributed by atoms with Gasteiger partial charge in [-0.2, -0.15) is 5.26 Å². The Bertz CT molecular complexity index is 682. The second-order valence-corrected chi connectivity index (χ2v) is 6.46. The lowest BCUT2D eigenvalue weighted by molar-refractivity contribution is -0.133. The van der Waals surface area contributed by atoms with Crippen LogP contribution in [-0.4, -0.2) is 30.3 Å². The van der Waals surface area contributed by atoms with Crippen LogP contribution in [0.2, 0.25) is 0 Å². The van der Waals surface area contributed by atoms with E-state index >= 15 is 0 Å². The van der Waals surface area contributed by atoms with E-state index in [1.807, 2.05) is 24.3 Å². The number of nitriles is 1. The van der Waals surface area contributed by atoms with Crippen LogP contribution in [0.4, 0.5) is 5.69 Å². The van der Waals surface area contributed by atoms with Gasteiger partial charge in [-0.1, -0.05) is 15.9 Å². The molecule has 2 atom stereocenters. The smallest absolute Gasteiger partial charge is 0.235 e. The molecule has 1 saturated carbocycles. The van der Waals surface area contributed by atoms with E-state index in [9.17, 15) is 9.59 Å². The molecule has 5 nitrogen and oxygen atoms in total. The van der Waals surface area contributed by atoms with E-state index in [1.165, 1.54) is 0 Å². The fraction of sp³-hybridized carbons (Fsp3) is 0.400. The van der Waals surface area contributed by atoms with Gasteiger partial charge in [0.1, 0.15) is 0 Å². The molecule has 1 heterocycles. The highest BCUT2D eigenvalue weighted by molar-refractivity contribution is 9.10. The summed E-state index contributed by atoms with van der Waals surface area (Å²) in [6.07, 6.45) is 0.842. The molecule has 1 aromatic rings. The molecule has 108 valence electrons. The maximum atomic E-state index is 12.4. The predicted octanol–water partition coefficient (Wildman–Crippen LogP) is 2.03. The number of halogens is 1. The van der Waals surface area contributed by atoms with Gasteiger partial charge in [0, 0.05) is 23.8 Å². The SMILES string of the molecule is CN(CCC#N)C(=O)C1CC12C(=O)Nc1ccc(Br)cc12. The van der Waals surface area contributed by atoms with Crippen molar-refractivity contribution in [3.05, 3.63) is 28.2 Å². The summed E-state index contributed by atoms with van der Waals surface area (Å²) in [5.74, 6) is -0.479. The first-order chi connectivity index (χ1) is 10.0. The molecule has 0 radical (unpaired) electrons. The molecule has 1 aliphatic heterocycles. The van der Waals surface area contributed by atoms with Crippen molar-refractivity contribution in [3.8, 4) is 6.07 Å². The molecule has 1 N–H and O–H groups in total. The molecule has 6 heteroatoms. The first-order valence-corrected chi connectivity index (χ1v) is 7.53. The van der Waals surface area contributed by atoms with Crippen LogP contribution in [0.5, 0.6) is 0 Å². The average molecular weight is 348 g/mol. The Balaban J connectivity index is 1.86. The van der Waals surface area contributed by atoms with Gasteiger partial charge in [-0.3, -0.25) is 9.59 Å². The van der Waals surface area contributed by atoms with Crippen molar-refractivity contribution >= 4 is 33.4 Å². The fourth-order valence-electron chi connectivity index (χ4n) is 3.05. The molecule has 2 aliphatic rings. The van der Waals surface area contributed by atoms with Crippen LogP contribution in [0.25, 0.3) is 0 Å². The Hall–Kier alpha value is -1.87. The Labute approximate surface area is 131 Å². The monoisotopic (exact) mass is 347 g/mol. The van der Waals surface area contributed by atoms with Crippen molar-refractivity contribution in [1.82, 2.24) is 4.90 Å². The minimum atomic E-state index is -0.711. The molecule has 1 aromatic carbocycles. The highest BCUT2D eigenvalue weighted by Gasteiger charge is 2.68. The minimum absolute atomic E-state index is 0.0618. The van der Waals surface area contributed by atoms with Crippen LogP contribution in [0, 0.1) is 17.2 Å². The molecule has 1 spiro atoms. The number of amides is 2. The zero-order valence-electron chi connectivity index (χ0n) is 11.5. The summed E-state index contributed by atoms with van der Waals surface area (Å²) in [5.41, 5.74) is 0.976. The van der Waals surface area contributed by atoms with E-state index < -0.39 is 5.41 Å². The second kappa shape index (κ2) is 4.85. The summed E-state index contributed by atoms with van der Waals surface area (Å²) in [5, 5.41) is 11.5. The molecule has 0 saturated heterocycles. The molecule has 21 heavy (non-hydrogen) atoms. The lowest BCUT2D eigenvalue weighted by atomic mass is 9.94. The maximum absolute atomic E-state index is 12.4. The zero-order chi connectivity index (χ0) is 15.2. The normalized spacial score (nSPS) is 25.2. The molecule has 2 amide bonds. The van der Waals surface area contributed by atoms with Crippen molar-refractivity contribution in [2.45, 2.75) is 18.3 Å². The average Bonchev–Trinajstić information content (AvgIpc) is 3.16. The number of anilines is 1. The van der Waals surface area contributed by atoms with E-state index in [0.29, 0.717) is 19.4 Å². The summed E-state index contributed by atoms with van der Waals surface area (Å²) in [6, 6.07) is 7.66. The number of hydrogen-bond donors (Lipinski definition) is 1. The standard InChI is InChI=1S/C15H14BrN3O2/c1-19(6-2-5-17)13(20)11-8-15(11)10-7-9(16)3-4-12(10)18-14(15)21/h3-4,7,11H,2,6,8H2,1H3,(H,18,21). The molecule has 0 bridgehead atoms. The Morgan fingerprint density at radius 2 is 2.38 bits per heavy atom. The molecule has 1 fully saturated rings. The summed E-state index contributed by atoms with van der Waals surface area (Å²) in [7, 11) is 1.68. The summed E-state index contributed by atoms with van der Waals surface area (Å²) >= 11 is 3.41. The van der Waals surface area contributed by atoms with Crippen LogP contribution >= 0.6 is 15.9 Å². The zero-order valence-corrected chi connectivity index (χ0v) is 13.1. The topological polar surface area (TPSA) is 73.2 Å². The van der Waals surface area contributed by atoms with Crippen molar-refractivity contribution in [2.75, 3.05) is 18.9 Å². The third-order valence-electron chi connectivity index (χ3n) is 4.31. The highest BCUT2D eigenvalue weighted by atomic mass is 79.9. The number of nitrogens with one attached hydrogen (secondary N) is 1. The third kappa shape index (κ3) is 2.04. The first-order valence-electron chi connectivity index (χ1n) is 6.74. The lowest BCUT2D eigenvalue weighted by Gasteiger charge is -2.17. The highest BCUT2D eigenvalue weighted by Crippen LogP contribution is 2.60. The molecule has 1 aliphatic carbocycles. The molecule has 0 aromatic heterocycles. The maximum Gasteiger partial charge on any atom is 0.235 e. The van der Waals surface area contributed by atoms with Crippen LogP contribution in [-0.2, 0) is 15.0 Å². The van der Waals surface area contributed by atoms with Crippen LogP contribution < -0.4 is 5.32 Å². The van der Waals surface area contributed by atoms with Gasteiger partial charge in [0.2, 0.25) is 11.8 Å². The van der Waals surface area contributed by atoms with Crippen LogP contribution in [0.3, 0.4) is 0 Å². The lowest BCUT2D eigenvalue weighted by Crippen LogP contribution is -2.33. The number of fused-ring (bicyclic) bond motifs is 2. The minimum Gasteiger partial charge on any atom is -0.344 e. The second-order valence-electron chi connectivity index (χ2n) is 5.54. The van der Waals surface area contributed by atoms with E-state index in [2.05, 4.69) is 21.2 Å². The number of rotatable bonds is 3. The van der Waals surface area contributed by atoms with Gasteiger partial charge >= 0.3 is 0 Å². The van der Waals surface area contributed by atoms with Crippen LogP contribution in [0.1, 0.15) is 18.4 Å². The van der Waals surface area contributed by atoms with Gasteiger partial charge in [-0.25, -0.2) is 0 Å². The van der Waals surface area contributed by atoms with Gasteiger partial charge < -0.3 is 10.2 Å². The van der Waals surface area contributed by atoms with E-state index in [4.69, 9.17) is 5.26 Å². The van der Waals surface area contributed by atoms with E-state index in [-0.39, 0.29) is 17.7 Å². The number of nitrogens with zero attached hydrogens (tertiary/aromatic N) is 2. The van der Waals surface area contributed by atoms with Crippen molar-refractivity contribution < 1.29 is 9.59 Å². The summed E-state index contributed by atoms with van der Waals surface area (Å²) in [6.45, 7) is 0.398. The van der Waals surface area contributed by atoms with Gasteiger partial charge in [-0.05, 0) is 30.2 Å². The van der Waals surface area contributed by atoms with Crippen molar-refractivity contribution in [1.29, 1.82) is 5.26 Å². The molecule has 2 unspecified atom stereocenters. The Morgan fingerprint density at radius 1 is 1.62 bits per heavy atom. The van der Waals surface area contributed by atoms with Gasteiger partial charge in [0.15, 0.2) is 0 Å².